The lowest BCUT2D eigenvalue weighted by Crippen LogP contribution is -1.99. The van der Waals surface area contributed by atoms with Crippen LogP contribution in [0.4, 0.5) is 5.69 Å². The average Bonchev–Trinajstić information content (AvgIpc) is 3.10. The molecule has 0 spiro atoms. The summed E-state index contributed by atoms with van der Waals surface area (Å²) in [5.41, 5.74) is 2.17. The number of hydrogen-bond donors (Lipinski definition) is 1. The van der Waals surface area contributed by atoms with Gasteiger partial charge in [0.05, 0.1) is 12.9 Å². The molecule has 0 amide bonds. The smallest absolute Gasteiger partial charge is 0.112 e. The quantitative estimate of drug-likeness (QED) is 0.780. The fourth-order valence-corrected chi connectivity index (χ4v) is 2.26. The average molecular weight is 256 g/mol. The van der Waals surface area contributed by atoms with Crippen LogP contribution < -0.4 is 5.32 Å². The molecule has 0 atom stereocenters. The summed E-state index contributed by atoms with van der Waals surface area (Å²) in [5, 5.41) is 6.43. The van der Waals surface area contributed by atoms with E-state index in [1.807, 2.05) is 34.5 Å². The molecule has 3 aromatic rings. The van der Waals surface area contributed by atoms with Gasteiger partial charge in [-0.05, 0) is 18.2 Å². The van der Waals surface area contributed by atoms with E-state index < -0.39 is 0 Å². The number of benzene rings is 1. The molecule has 5 heteroatoms. The number of hydrogen-bond acceptors (Lipinski definition) is 4. The zero-order valence-electron chi connectivity index (χ0n) is 9.65. The van der Waals surface area contributed by atoms with Gasteiger partial charge < -0.3 is 9.88 Å². The molecular formula is C13H12N4S. The molecule has 0 bridgehead atoms. The van der Waals surface area contributed by atoms with Crippen molar-refractivity contribution in [2.24, 2.45) is 0 Å². The third-order valence-corrected chi connectivity index (χ3v) is 3.36. The van der Waals surface area contributed by atoms with Crippen molar-refractivity contribution in [3.8, 4) is 5.69 Å². The molecule has 0 saturated carbocycles. The molecule has 90 valence electrons. The number of rotatable bonds is 4. The standard InChI is InChI=1S/C13H12N4S/c1-2-11(16-9-13-15-5-7-18-13)8-12(3-1)17-6-4-14-10-17/h1-8,10,16H,9H2. The maximum absolute atomic E-state index is 4.24. The summed E-state index contributed by atoms with van der Waals surface area (Å²) in [6.45, 7) is 0.755. The summed E-state index contributed by atoms with van der Waals surface area (Å²) in [4.78, 5) is 8.29. The van der Waals surface area contributed by atoms with E-state index in [1.165, 1.54) is 0 Å². The normalized spacial score (nSPS) is 10.4. The Bertz CT molecular complexity index is 602. The van der Waals surface area contributed by atoms with Gasteiger partial charge in [0.15, 0.2) is 0 Å². The highest BCUT2D eigenvalue weighted by atomic mass is 32.1. The summed E-state index contributed by atoms with van der Waals surface area (Å²) in [5.74, 6) is 0. The van der Waals surface area contributed by atoms with Gasteiger partial charge in [-0.15, -0.1) is 11.3 Å². The monoisotopic (exact) mass is 256 g/mol. The number of thiazole rings is 1. The van der Waals surface area contributed by atoms with Gasteiger partial charge in [-0.2, -0.15) is 0 Å². The van der Waals surface area contributed by atoms with Crippen LogP contribution in [0.25, 0.3) is 5.69 Å². The molecule has 4 nitrogen and oxygen atoms in total. The van der Waals surface area contributed by atoms with Crippen molar-refractivity contribution in [2.75, 3.05) is 5.32 Å². The van der Waals surface area contributed by atoms with Gasteiger partial charge >= 0.3 is 0 Å². The van der Waals surface area contributed by atoms with Crippen LogP contribution in [0.3, 0.4) is 0 Å². The summed E-state index contributed by atoms with van der Waals surface area (Å²) in [7, 11) is 0. The number of nitrogens with one attached hydrogen (secondary N) is 1. The first-order chi connectivity index (χ1) is 8.92. The Labute approximate surface area is 109 Å². The minimum absolute atomic E-state index is 0.755. The molecule has 1 N–H and O–H groups in total. The Kier molecular flexibility index (Phi) is 3.06. The predicted molar refractivity (Wildman–Crippen MR) is 73.0 cm³/mol. The van der Waals surface area contributed by atoms with Gasteiger partial charge in [0, 0.05) is 35.3 Å². The van der Waals surface area contributed by atoms with Crippen LogP contribution in [-0.4, -0.2) is 14.5 Å². The Morgan fingerprint density at radius 3 is 3.06 bits per heavy atom. The maximum Gasteiger partial charge on any atom is 0.112 e. The Balaban J connectivity index is 1.75. The molecule has 0 fully saturated rings. The molecule has 0 aliphatic rings. The van der Waals surface area contributed by atoms with E-state index in [9.17, 15) is 0 Å². The number of imidazole rings is 1. The molecule has 0 aliphatic heterocycles. The second kappa shape index (κ2) is 5.01. The molecule has 18 heavy (non-hydrogen) atoms. The third kappa shape index (κ3) is 2.41. The Morgan fingerprint density at radius 2 is 2.28 bits per heavy atom. The van der Waals surface area contributed by atoms with E-state index in [1.54, 1.807) is 23.9 Å². The molecule has 2 heterocycles. The minimum atomic E-state index is 0.755. The second-order valence-electron chi connectivity index (χ2n) is 3.80. The summed E-state index contributed by atoms with van der Waals surface area (Å²) in [6.07, 6.45) is 7.32. The van der Waals surface area contributed by atoms with E-state index in [4.69, 9.17) is 0 Å². The van der Waals surface area contributed by atoms with E-state index in [0.717, 1.165) is 22.9 Å². The zero-order valence-corrected chi connectivity index (χ0v) is 10.5. The predicted octanol–water partition coefficient (Wildman–Crippen LogP) is 2.94. The van der Waals surface area contributed by atoms with Crippen LogP contribution in [0.2, 0.25) is 0 Å². The van der Waals surface area contributed by atoms with Crippen LogP contribution in [0, 0.1) is 0 Å². The fourth-order valence-electron chi connectivity index (χ4n) is 1.71. The van der Waals surface area contributed by atoms with Gasteiger partial charge in [-0.3, -0.25) is 0 Å². The van der Waals surface area contributed by atoms with Crippen molar-refractivity contribution in [1.82, 2.24) is 14.5 Å². The second-order valence-corrected chi connectivity index (χ2v) is 4.78. The first-order valence-electron chi connectivity index (χ1n) is 5.62. The van der Waals surface area contributed by atoms with Crippen molar-refractivity contribution < 1.29 is 0 Å². The van der Waals surface area contributed by atoms with Gasteiger partial charge in [0.1, 0.15) is 5.01 Å². The van der Waals surface area contributed by atoms with Crippen molar-refractivity contribution >= 4 is 17.0 Å². The van der Waals surface area contributed by atoms with Crippen LogP contribution in [-0.2, 0) is 6.54 Å². The van der Waals surface area contributed by atoms with E-state index in [0.29, 0.717) is 0 Å². The van der Waals surface area contributed by atoms with Crippen molar-refractivity contribution in [3.05, 3.63) is 59.6 Å². The minimum Gasteiger partial charge on any atom is -0.378 e. The SMILES string of the molecule is c1cc(NCc2nccs2)cc(-n2ccnc2)c1. The maximum atomic E-state index is 4.24. The van der Waals surface area contributed by atoms with Crippen LogP contribution in [0.1, 0.15) is 5.01 Å². The molecule has 1 aromatic carbocycles. The van der Waals surface area contributed by atoms with Gasteiger partial charge in [0.25, 0.3) is 0 Å². The molecule has 0 unspecified atom stereocenters. The number of aromatic nitrogens is 3. The lowest BCUT2D eigenvalue weighted by Gasteiger charge is -2.07. The van der Waals surface area contributed by atoms with Crippen LogP contribution in [0.5, 0.6) is 0 Å². The molecule has 0 radical (unpaired) electrons. The molecule has 3 rings (SSSR count). The third-order valence-electron chi connectivity index (χ3n) is 2.58. The Hall–Kier alpha value is -2.14. The molecule has 0 saturated heterocycles. The van der Waals surface area contributed by atoms with E-state index in [-0.39, 0.29) is 0 Å². The summed E-state index contributed by atoms with van der Waals surface area (Å²) in [6, 6.07) is 8.22. The fraction of sp³-hybridized carbons (Fsp3) is 0.0769. The van der Waals surface area contributed by atoms with Gasteiger partial charge in [-0.25, -0.2) is 9.97 Å². The van der Waals surface area contributed by atoms with Crippen molar-refractivity contribution in [3.63, 3.8) is 0 Å². The highest BCUT2D eigenvalue weighted by Gasteiger charge is 1.99. The van der Waals surface area contributed by atoms with Gasteiger partial charge in [0.2, 0.25) is 0 Å². The lowest BCUT2D eigenvalue weighted by atomic mass is 10.2. The first-order valence-corrected chi connectivity index (χ1v) is 6.50. The van der Waals surface area contributed by atoms with Crippen LogP contribution >= 0.6 is 11.3 Å². The zero-order chi connectivity index (χ0) is 12.2. The highest BCUT2D eigenvalue weighted by molar-refractivity contribution is 7.09. The largest absolute Gasteiger partial charge is 0.378 e. The van der Waals surface area contributed by atoms with Crippen LogP contribution in [0.15, 0.2) is 54.6 Å². The lowest BCUT2D eigenvalue weighted by molar-refractivity contribution is 1.05. The highest BCUT2D eigenvalue weighted by Crippen LogP contribution is 2.15. The van der Waals surface area contributed by atoms with E-state index >= 15 is 0 Å². The summed E-state index contributed by atoms with van der Waals surface area (Å²) >= 11 is 1.66. The molecule has 2 aromatic heterocycles. The first kappa shape index (κ1) is 11.0. The summed E-state index contributed by atoms with van der Waals surface area (Å²) < 4.78 is 1.98. The van der Waals surface area contributed by atoms with E-state index in [2.05, 4.69) is 27.4 Å². The number of nitrogens with zero attached hydrogens (tertiary/aromatic N) is 3. The molecule has 0 aliphatic carbocycles. The molecular weight excluding hydrogens is 244 g/mol. The number of anilines is 1. The topological polar surface area (TPSA) is 42.7 Å². The Morgan fingerprint density at radius 1 is 1.28 bits per heavy atom. The van der Waals surface area contributed by atoms with Crippen molar-refractivity contribution in [1.29, 1.82) is 0 Å². The van der Waals surface area contributed by atoms with Gasteiger partial charge in [-0.1, -0.05) is 6.07 Å². The van der Waals surface area contributed by atoms with Crippen molar-refractivity contribution in [2.45, 2.75) is 6.54 Å².